The molecule has 2 aromatic carbocycles. The number of nitrogens with zero attached hydrogens (tertiary/aromatic N) is 2. The Morgan fingerprint density at radius 2 is 2.04 bits per heavy atom. The lowest BCUT2D eigenvalue weighted by molar-refractivity contribution is -0.386. The number of aromatic nitrogens is 1. The molecule has 6 nitrogen and oxygen atoms in total. The first-order valence-electron chi connectivity index (χ1n) is 6.92. The third-order valence-corrected chi connectivity index (χ3v) is 4.41. The van der Waals surface area contributed by atoms with E-state index in [-0.39, 0.29) is 11.4 Å². The lowest BCUT2D eigenvalue weighted by Crippen LogP contribution is -2.14. The number of para-hydroxylation sites is 1. The minimum atomic E-state index is -0.568. The van der Waals surface area contributed by atoms with Crippen LogP contribution in [0.1, 0.15) is 6.92 Å². The molecule has 1 unspecified atom stereocenters. The molecule has 7 heteroatoms. The SMILES string of the molecule is COC(C)Oc1ccc(-c2nc3ccccc3s2)cc1[N+](=O)[O-]. The number of benzene rings is 2. The van der Waals surface area contributed by atoms with Gasteiger partial charge in [0.1, 0.15) is 5.01 Å². The summed E-state index contributed by atoms with van der Waals surface area (Å²) in [5, 5.41) is 12.1. The van der Waals surface area contributed by atoms with E-state index in [1.54, 1.807) is 19.1 Å². The summed E-state index contributed by atoms with van der Waals surface area (Å²) in [4.78, 5) is 15.4. The molecule has 0 aliphatic carbocycles. The molecule has 118 valence electrons. The Morgan fingerprint density at radius 1 is 1.26 bits per heavy atom. The van der Waals surface area contributed by atoms with Crippen LogP contribution in [0.4, 0.5) is 5.69 Å². The Kier molecular flexibility index (Phi) is 4.22. The molecule has 23 heavy (non-hydrogen) atoms. The number of hydrogen-bond acceptors (Lipinski definition) is 6. The maximum absolute atomic E-state index is 11.3. The minimum absolute atomic E-state index is 0.106. The molecule has 0 bridgehead atoms. The topological polar surface area (TPSA) is 74.5 Å². The minimum Gasteiger partial charge on any atom is -0.458 e. The summed E-state index contributed by atoms with van der Waals surface area (Å²) in [5.41, 5.74) is 1.46. The molecule has 0 radical (unpaired) electrons. The second-order valence-corrected chi connectivity index (χ2v) is 5.88. The van der Waals surface area contributed by atoms with Gasteiger partial charge in [-0.25, -0.2) is 4.98 Å². The van der Waals surface area contributed by atoms with E-state index in [9.17, 15) is 10.1 Å². The maximum atomic E-state index is 11.3. The van der Waals surface area contributed by atoms with Crippen LogP contribution in [-0.2, 0) is 4.74 Å². The van der Waals surface area contributed by atoms with Crippen molar-refractivity contribution >= 4 is 27.2 Å². The first-order chi connectivity index (χ1) is 11.1. The smallest absolute Gasteiger partial charge is 0.311 e. The van der Waals surface area contributed by atoms with Crippen LogP contribution in [0.5, 0.6) is 5.75 Å². The van der Waals surface area contributed by atoms with Gasteiger partial charge in [-0.2, -0.15) is 0 Å². The molecule has 0 fully saturated rings. The van der Waals surface area contributed by atoms with Crippen molar-refractivity contribution in [3.05, 3.63) is 52.6 Å². The molecule has 0 aliphatic heterocycles. The zero-order chi connectivity index (χ0) is 16.4. The summed E-state index contributed by atoms with van der Waals surface area (Å²) in [6.45, 7) is 1.67. The highest BCUT2D eigenvalue weighted by atomic mass is 32.1. The number of rotatable bonds is 5. The van der Waals surface area contributed by atoms with Crippen LogP contribution in [0.15, 0.2) is 42.5 Å². The van der Waals surface area contributed by atoms with Gasteiger partial charge in [0.05, 0.1) is 15.1 Å². The Labute approximate surface area is 136 Å². The van der Waals surface area contributed by atoms with Crippen LogP contribution < -0.4 is 4.74 Å². The van der Waals surface area contributed by atoms with E-state index in [1.807, 2.05) is 24.3 Å². The van der Waals surface area contributed by atoms with Crippen LogP contribution in [0.2, 0.25) is 0 Å². The zero-order valence-electron chi connectivity index (χ0n) is 12.6. The average Bonchev–Trinajstić information content (AvgIpc) is 2.98. The number of nitro benzene ring substituents is 1. The highest BCUT2D eigenvalue weighted by Gasteiger charge is 2.19. The Balaban J connectivity index is 2.03. The summed E-state index contributed by atoms with van der Waals surface area (Å²) in [5.74, 6) is 0.175. The predicted molar refractivity (Wildman–Crippen MR) is 88.8 cm³/mol. The zero-order valence-corrected chi connectivity index (χ0v) is 13.4. The van der Waals surface area contributed by atoms with Gasteiger partial charge in [-0.05, 0) is 31.2 Å². The third kappa shape index (κ3) is 3.15. The van der Waals surface area contributed by atoms with Crippen LogP contribution in [0.3, 0.4) is 0 Å². The van der Waals surface area contributed by atoms with E-state index >= 15 is 0 Å². The van der Waals surface area contributed by atoms with Gasteiger partial charge in [0.15, 0.2) is 12.0 Å². The van der Waals surface area contributed by atoms with E-state index < -0.39 is 11.2 Å². The Hall–Kier alpha value is -2.51. The number of nitro groups is 1. The molecule has 0 N–H and O–H groups in total. The Bertz CT molecular complexity index is 829. The van der Waals surface area contributed by atoms with Crippen molar-refractivity contribution in [2.45, 2.75) is 13.2 Å². The lowest BCUT2D eigenvalue weighted by atomic mass is 10.2. The van der Waals surface area contributed by atoms with Crippen LogP contribution in [0.25, 0.3) is 20.8 Å². The van der Waals surface area contributed by atoms with Crippen molar-refractivity contribution in [2.24, 2.45) is 0 Å². The standard InChI is InChI=1S/C16H14N2O4S/c1-10(21-2)22-14-8-7-11(9-13(14)18(19)20)16-17-12-5-3-4-6-15(12)23-16/h3-10H,1-2H3. The first-order valence-corrected chi connectivity index (χ1v) is 7.74. The van der Waals surface area contributed by atoms with E-state index in [0.717, 1.165) is 15.2 Å². The molecule has 0 aliphatic rings. The normalized spacial score (nSPS) is 12.3. The second kappa shape index (κ2) is 6.31. The number of methoxy groups -OCH3 is 1. The van der Waals surface area contributed by atoms with E-state index in [1.165, 1.54) is 24.5 Å². The van der Waals surface area contributed by atoms with Crippen molar-refractivity contribution in [3.63, 3.8) is 0 Å². The predicted octanol–water partition coefficient (Wildman–Crippen LogP) is 4.24. The molecule has 0 saturated heterocycles. The summed E-state index contributed by atoms with van der Waals surface area (Å²) in [6, 6.07) is 12.6. The van der Waals surface area contributed by atoms with E-state index in [4.69, 9.17) is 9.47 Å². The third-order valence-electron chi connectivity index (χ3n) is 3.32. The fourth-order valence-corrected chi connectivity index (χ4v) is 3.08. The number of fused-ring (bicyclic) bond motifs is 1. The Morgan fingerprint density at radius 3 is 2.74 bits per heavy atom. The molecule has 0 spiro atoms. The van der Waals surface area contributed by atoms with Crippen LogP contribution in [-0.4, -0.2) is 23.3 Å². The maximum Gasteiger partial charge on any atom is 0.311 e. The molecule has 1 heterocycles. The van der Waals surface area contributed by atoms with Crippen molar-refractivity contribution in [3.8, 4) is 16.3 Å². The molecule has 1 atom stereocenters. The van der Waals surface area contributed by atoms with Crippen molar-refractivity contribution in [1.29, 1.82) is 0 Å². The largest absolute Gasteiger partial charge is 0.458 e. The summed E-state index contributed by atoms with van der Waals surface area (Å²) in [7, 11) is 1.48. The number of thiazole rings is 1. The van der Waals surface area contributed by atoms with Crippen molar-refractivity contribution < 1.29 is 14.4 Å². The molecule has 1 aromatic heterocycles. The fourth-order valence-electron chi connectivity index (χ4n) is 2.12. The summed E-state index contributed by atoms with van der Waals surface area (Å²) < 4.78 is 11.5. The quantitative estimate of drug-likeness (QED) is 0.397. The van der Waals surface area contributed by atoms with E-state index in [0.29, 0.717) is 5.56 Å². The number of hydrogen-bond donors (Lipinski definition) is 0. The van der Waals surface area contributed by atoms with E-state index in [2.05, 4.69) is 4.98 Å². The first kappa shape index (κ1) is 15.4. The molecule has 0 amide bonds. The van der Waals surface area contributed by atoms with Gasteiger partial charge >= 0.3 is 5.69 Å². The van der Waals surface area contributed by atoms with Crippen LogP contribution in [0, 0.1) is 10.1 Å². The van der Waals surface area contributed by atoms with Crippen LogP contribution >= 0.6 is 11.3 Å². The molecule has 3 aromatic rings. The van der Waals surface area contributed by atoms with Gasteiger partial charge in [-0.15, -0.1) is 11.3 Å². The highest BCUT2D eigenvalue weighted by molar-refractivity contribution is 7.21. The summed E-state index contributed by atoms with van der Waals surface area (Å²) >= 11 is 1.50. The van der Waals surface area contributed by atoms with Gasteiger partial charge in [0, 0.05) is 18.7 Å². The van der Waals surface area contributed by atoms with Gasteiger partial charge in [-0.3, -0.25) is 10.1 Å². The van der Waals surface area contributed by atoms with Crippen molar-refractivity contribution in [1.82, 2.24) is 4.98 Å². The average molecular weight is 330 g/mol. The van der Waals surface area contributed by atoms with Gasteiger partial charge in [0.2, 0.25) is 0 Å². The summed E-state index contributed by atoms with van der Waals surface area (Å²) in [6.07, 6.45) is -0.568. The number of ether oxygens (including phenoxy) is 2. The monoisotopic (exact) mass is 330 g/mol. The van der Waals surface area contributed by atoms with Gasteiger partial charge in [-0.1, -0.05) is 12.1 Å². The molecule has 3 rings (SSSR count). The highest BCUT2D eigenvalue weighted by Crippen LogP contribution is 2.36. The lowest BCUT2D eigenvalue weighted by Gasteiger charge is -2.12. The van der Waals surface area contributed by atoms with Gasteiger partial charge in [0.25, 0.3) is 0 Å². The molecule has 0 saturated carbocycles. The molecular weight excluding hydrogens is 316 g/mol. The van der Waals surface area contributed by atoms with Gasteiger partial charge < -0.3 is 9.47 Å². The molecular formula is C16H14N2O4S. The van der Waals surface area contributed by atoms with Crippen molar-refractivity contribution in [2.75, 3.05) is 7.11 Å². The second-order valence-electron chi connectivity index (χ2n) is 4.85. The fraction of sp³-hybridized carbons (Fsp3) is 0.188.